The smallest absolute Gasteiger partial charge is 0.224 e. The first kappa shape index (κ1) is 18.4. The Hall–Kier alpha value is -0.610. The van der Waals surface area contributed by atoms with E-state index in [4.69, 9.17) is 5.73 Å². The van der Waals surface area contributed by atoms with Gasteiger partial charge in [-0.2, -0.15) is 0 Å². The van der Waals surface area contributed by atoms with E-state index in [0.29, 0.717) is 6.42 Å². The average molecular weight is 297 g/mol. The van der Waals surface area contributed by atoms with E-state index in [1.165, 1.54) is 19.3 Å². The minimum atomic E-state index is -0.234. The van der Waals surface area contributed by atoms with Gasteiger partial charge in [-0.25, -0.2) is 0 Å². The highest BCUT2D eigenvalue weighted by Crippen LogP contribution is 2.29. The van der Waals surface area contributed by atoms with E-state index in [9.17, 15) is 4.79 Å². The predicted molar refractivity (Wildman–Crippen MR) is 89.3 cm³/mol. The fourth-order valence-electron chi connectivity index (χ4n) is 3.33. The summed E-state index contributed by atoms with van der Waals surface area (Å²) in [7, 11) is 0. The molecule has 1 saturated carbocycles. The highest BCUT2D eigenvalue weighted by molar-refractivity contribution is 5.77. The van der Waals surface area contributed by atoms with Crippen LogP contribution in [0.1, 0.15) is 65.7 Å². The first-order chi connectivity index (χ1) is 10.0. The molecule has 0 radical (unpaired) electrons. The normalized spacial score (nSPS) is 18.0. The van der Waals surface area contributed by atoms with Gasteiger partial charge in [-0.15, -0.1) is 0 Å². The first-order valence-corrected chi connectivity index (χ1v) is 8.83. The number of carbonyl (C=O) groups is 1. The summed E-state index contributed by atoms with van der Waals surface area (Å²) >= 11 is 0. The largest absolute Gasteiger partial charge is 0.343 e. The molecular weight excluding hydrogens is 262 g/mol. The molecule has 1 rings (SSSR count). The van der Waals surface area contributed by atoms with Crippen molar-refractivity contribution in [1.29, 1.82) is 0 Å². The van der Waals surface area contributed by atoms with Crippen LogP contribution in [0.15, 0.2) is 0 Å². The van der Waals surface area contributed by atoms with Gasteiger partial charge in [0, 0.05) is 25.0 Å². The molecule has 4 heteroatoms. The number of nitrogens with zero attached hydrogens (tertiary/aromatic N) is 2. The van der Waals surface area contributed by atoms with Crippen LogP contribution in [0, 0.1) is 0 Å². The third kappa shape index (κ3) is 6.35. The van der Waals surface area contributed by atoms with Crippen molar-refractivity contribution in [1.82, 2.24) is 9.80 Å². The topological polar surface area (TPSA) is 49.6 Å². The molecule has 0 heterocycles. The fraction of sp³-hybridized carbons (Fsp3) is 0.941. The molecule has 2 N–H and O–H groups in total. The number of nitrogens with two attached hydrogens (primary N) is 1. The number of amides is 1. The van der Waals surface area contributed by atoms with Gasteiger partial charge in [-0.3, -0.25) is 4.79 Å². The lowest BCUT2D eigenvalue weighted by Gasteiger charge is -2.35. The predicted octanol–water partition coefficient (Wildman–Crippen LogP) is 2.62. The summed E-state index contributed by atoms with van der Waals surface area (Å²) in [6, 6.07) is 0. The molecule has 0 aromatic carbocycles. The van der Waals surface area contributed by atoms with Crippen LogP contribution >= 0.6 is 0 Å². The molecule has 1 aliphatic rings. The van der Waals surface area contributed by atoms with Gasteiger partial charge in [-0.1, -0.05) is 33.1 Å². The van der Waals surface area contributed by atoms with Crippen LogP contribution in [-0.2, 0) is 4.79 Å². The minimum Gasteiger partial charge on any atom is -0.343 e. The summed E-state index contributed by atoms with van der Waals surface area (Å²) in [5, 5.41) is 0. The Morgan fingerprint density at radius 3 is 2.14 bits per heavy atom. The van der Waals surface area contributed by atoms with Crippen LogP contribution in [0.5, 0.6) is 0 Å². The number of hydrogen-bond acceptors (Lipinski definition) is 3. The lowest BCUT2D eigenvalue weighted by Crippen LogP contribution is -2.47. The summed E-state index contributed by atoms with van der Waals surface area (Å²) < 4.78 is 0. The Kier molecular flexibility index (Phi) is 8.27. The van der Waals surface area contributed by atoms with Gasteiger partial charge in [0.1, 0.15) is 0 Å². The molecule has 0 saturated heterocycles. The van der Waals surface area contributed by atoms with Crippen molar-refractivity contribution >= 4 is 5.91 Å². The van der Waals surface area contributed by atoms with Gasteiger partial charge in [0.15, 0.2) is 0 Å². The Morgan fingerprint density at radius 2 is 1.62 bits per heavy atom. The molecule has 0 spiro atoms. The van der Waals surface area contributed by atoms with Gasteiger partial charge in [0.05, 0.1) is 0 Å². The number of hydrogen-bond donors (Lipinski definition) is 1. The van der Waals surface area contributed by atoms with Gasteiger partial charge in [-0.05, 0) is 45.8 Å². The van der Waals surface area contributed by atoms with Crippen molar-refractivity contribution in [3.8, 4) is 0 Å². The van der Waals surface area contributed by atoms with E-state index in [1.807, 2.05) is 4.90 Å². The second kappa shape index (κ2) is 9.42. The van der Waals surface area contributed by atoms with Crippen molar-refractivity contribution in [3.05, 3.63) is 0 Å². The van der Waals surface area contributed by atoms with Crippen molar-refractivity contribution in [2.24, 2.45) is 5.73 Å². The molecule has 4 nitrogen and oxygen atoms in total. The molecule has 124 valence electrons. The molecule has 0 bridgehead atoms. The molecule has 0 aromatic rings. The van der Waals surface area contributed by atoms with Gasteiger partial charge in [0.25, 0.3) is 0 Å². The Morgan fingerprint density at radius 1 is 1.00 bits per heavy atom. The summed E-state index contributed by atoms with van der Waals surface area (Å²) in [6.07, 6.45) is 7.24. The molecule has 0 atom stereocenters. The van der Waals surface area contributed by atoms with Crippen LogP contribution in [0.25, 0.3) is 0 Å². The third-order valence-corrected chi connectivity index (χ3v) is 4.88. The zero-order chi connectivity index (χ0) is 15.7. The van der Waals surface area contributed by atoms with E-state index < -0.39 is 0 Å². The zero-order valence-corrected chi connectivity index (χ0v) is 14.4. The molecular formula is C17H35N3O. The third-order valence-electron chi connectivity index (χ3n) is 4.88. The average Bonchev–Trinajstić information content (AvgIpc) is 2.47. The molecule has 1 fully saturated rings. The van der Waals surface area contributed by atoms with Gasteiger partial charge < -0.3 is 15.5 Å². The Balaban J connectivity index is 2.38. The van der Waals surface area contributed by atoms with Crippen molar-refractivity contribution < 1.29 is 4.79 Å². The lowest BCUT2D eigenvalue weighted by molar-refractivity contribution is -0.132. The number of rotatable bonds is 9. The molecule has 1 aliphatic carbocycles. The molecule has 0 unspecified atom stereocenters. The summed E-state index contributed by atoms with van der Waals surface area (Å²) in [4.78, 5) is 16.9. The SMILES string of the molecule is CCN(CC)CCCN(CC)C(=O)CC1(N)CCCCC1. The van der Waals surface area contributed by atoms with Gasteiger partial charge in [0.2, 0.25) is 5.91 Å². The zero-order valence-electron chi connectivity index (χ0n) is 14.4. The van der Waals surface area contributed by atoms with E-state index in [2.05, 4.69) is 25.7 Å². The Labute approximate surface area is 131 Å². The molecule has 1 amide bonds. The number of carbonyl (C=O) groups excluding carboxylic acids is 1. The van der Waals surface area contributed by atoms with E-state index in [1.54, 1.807) is 0 Å². The molecule has 21 heavy (non-hydrogen) atoms. The minimum absolute atomic E-state index is 0.234. The monoisotopic (exact) mass is 297 g/mol. The molecule has 0 aliphatic heterocycles. The second-order valence-corrected chi connectivity index (χ2v) is 6.45. The van der Waals surface area contributed by atoms with Crippen molar-refractivity contribution in [3.63, 3.8) is 0 Å². The summed E-state index contributed by atoms with van der Waals surface area (Å²) in [5.74, 6) is 0.251. The lowest BCUT2D eigenvalue weighted by atomic mass is 9.80. The second-order valence-electron chi connectivity index (χ2n) is 6.45. The summed E-state index contributed by atoms with van der Waals surface area (Å²) in [6.45, 7) is 11.4. The highest BCUT2D eigenvalue weighted by atomic mass is 16.2. The van der Waals surface area contributed by atoms with E-state index >= 15 is 0 Å². The maximum atomic E-state index is 12.5. The molecule has 0 aromatic heterocycles. The Bertz CT molecular complexity index is 296. The van der Waals surface area contributed by atoms with Crippen LogP contribution in [0.4, 0.5) is 0 Å². The van der Waals surface area contributed by atoms with E-state index in [0.717, 1.165) is 52.0 Å². The van der Waals surface area contributed by atoms with Crippen LogP contribution in [0.2, 0.25) is 0 Å². The van der Waals surface area contributed by atoms with Crippen LogP contribution in [0.3, 0.4) is 0 Å². The maximum absolute atomic E-state index is 12.5. The fourth-order valence-corrected chi connectivity index (χ4v) is 3.33. The standard InChI is InChI=1S/C17H35N3O/c1-4-19(5-2)13-10-14-20(6-3)16(21)15-17(18)11-8-7-9-12-17/h4-15,18H2,1-3H3. The summed E-state index contributed by atoms with van der Waals surface area (Å²) in [5.41, 5.74) is 6.18. The van der Waals surface area contributed by atoms with Crippen molar-refractivity contribution in [2.75, 3.05) is 32.7 Å². The van der Waals surface area contributed by atoms with E-state index in [-0.39, 0.29) is 11.4 Å². The first-order valence-electron chi connectivity index (χ1n) is 8.83. The van der Waals surface area contributed by atoms with Gasteiger partial charge >= 0.3 is 0 Å². The van der Waals surface area contributed by atoms with Crippen LogP contribution < -0.4 is 5.73 Å². The highest BCUT2D eigenvalue weighted by Gasteiger charge is 2.31. The maximum Gasteiger partial charge on any atom is 0.224 e. The van der Waals surface area contributed by atoms with Crippen LogP contribution in [-0.4, -0.2) is 54.0 Å². The van der Waals surface area contributed by atoms with Crippen molar-refractivity contribution in [2.45, 2.75) is 71.3 Å². The quantitative estimate of drug-likeness (QED) is 0.712.